The van der Waals surface area contributed by atoms with Crippen LogP contribution in [0.5, 0.6) is 0 Å². The van der Waals surface area contributed by atoms with Gasteiger partial charge in [-0.05, 0) is 65.3 Å². The lowest BCUT2D eigenvalue weighted by atomic mass is 10.2. The second kappa shape index (κ2) is 11.0. The summed E-state index contributed by atoms with van der Waals surface area (Å²) in [6, 6.07) is 11.7. The van der Waals surface area contributed by atoms with E-state index in [9.17, 15) is 0 Å². The summed E-state index contributed by atoms with van der Waals surface area (Å²) in [5.41, 5.74) is 4.42. The molecule has 3 rings (SSSR count). The number of hydrogen-bond acceptors (Lipinski definition) is 3. The van der Waals surface area contributed by atoms with Gasteiger partial charge in [0.05, 0.1) is 17.9 Å². The minimum Gasteiger partial charge on any atom is -0.357 e. The van der Waals surface area contributed by atoms with Crippen molar-refractivity contribution in [1.82, 2.24) is 25.3 Å². The third-order valence-corrected chi connectivity index (χ3v) is 5.36. The third kappa shape index (κ3) is 6.44. The molecule has 0 bridgehead atoms. The summed E-state index contributed by atoms with van der Waals surface area (Å²) in [6.45, 7) is 10.8. The summed E-state index contributed by atoms with van der Waals surface area (Å²) in [5, 5.41) is 11.5. The van der Waals surface area contributed by atoms with Crippen molar-refractivity contribution in [2.75, 3.05) is 20.1 Å². The molecule has 1 unspecified atom stereocenters. The quantitative estimate of drug-likeness (QED) is 0.324. The number of benzene rings is 1. The molecule has 7 heteroatoms. The van der Waals surface area contributed by atoms with Crippen LogP contribution in [0.2, 0.25) is 0 Å². The van der Waals surface area contributed by atoms with Crippen LogP contribution in [-0.2, 0) is 6.54 Å². The second-order valence-electron chi connectivity index (χ2n) is 7.79. The highest BCUT2D eigenvalue weighted by Gasteiger charge is 2.28. The largest absolute Gasteiger partial charge is 0.357 e. The van der Waals surface area contributed by atoms with Gasteiger partial charge in [0, 0.05) is 30.9 Å². The average Bonchev–Trinajstić information content (AvgIpc) is 3.47. The Morgan fingerprint density at radius 1 is 1.28 bits per heavy atom. The maximum absolute atomic E-state index is 4.83. The van der Waals surface area contributed by atoms with Crippen LogP contribution < -0.4 is 10.6 Å². The SMILES string of the molecule is CCNC(=NCc1ccccc1-n1nc(C)cc1C)NCC(C)N(C)C1CC1.I. The molecule has 160 valence electrons. The van der Waals surface area contributed by atoms with Gasteiger partial charge in [-0.15, -0.1) is 24.0 Å². The molecule has 1 aliphatic rings. The maximum atomic E-state index is 4.83. The average molecular weight is 510 g/mol. The summed E-state index contributed by atoms with van der Waals surface area (Å²) in [5.74, 6) is 0.863. The molecule has 2 aromatic rings. The molecular formula is C22H35IN6. The molecule has 2 N–H and O–H groups in total. The lowest BCUT2D eigenvalue weighted by Gasteiger charge is -2.25. The van der Waals surface area contributed by atoms with E-state index < -0.39 is 0 Å². The number of aryl methyl sites for hydroxylation is 2. The number of aliphatic imine (C=N–C) groups is 1. The molecule has 1 saturated carbocycles. The Balaban J connectivity index is 0.00000300. The topological polar surface area (TPSA) is 57.5 Å². The molecule has 0 radical (unpaired) electrons. The van der Waals surface area contributed by atoms with Gasteiger partial charge in [0.15, 0.2) is 5.96 Å². The van der Waals surface area contributed by atoms with Gasteiger partial charge < -0.3 is 10.6 Å². The van der Waals surface area contributed by atoms with Crippen LogP contribution in [0.1, 0.15) is 43.6 Å². The standard InChI is InChI=1S/C22H34N6.HI/c1-6-23-22(24-14-18(4)27(5)20-11-12-20)25-15-19-9-7-8-10-21(19)28-17(3)13-16(2)26-28;/h7-10,13,18,20H,6,11-12,14-15H2,1-5H3,(H2,23,24,25);1H. The van der Waals surface area contributed by atoms with E-state index in [2.05, 4.69) is 78.8 Å². The van der Waals surface area contributed by atoms with Gasteiger partial charge in [0.1, 0.15) is 0 Å². The van der Waals surface area contributed by atoms with Gasteiger partial charge in [0.2, 0.25) is 0 Å². The summed E-state index contributed by atoms with van der Waals surface area (Å²) in [7, 11) is 2.22. The van der Waals surface area contributed by atoms with Crippen LogP contribution in [0.25, 0.3) is 5.69 Å². The zero-order valence-electron chi connectivity index (χ0n) is 18.3. The lowest BCUT2D eigenvalue weighted by molar-refractivity contribution is 0.247. The number of nitrogens with one attached hydrogen (secondary N) is 2. The van der Waals surface area contributed by atoms with E-state index in [1.54, 1.807) is 0 Å². The Morgan fingerprint density at radius 2 is 2.00 bits per heavy atom. The molecule has 1 aromatic carbocycles. The fourth-order valence-electron chi connectivity index (χ4n) is 3.46. The highest BCUT2D eigenvalue weighted by molar-refractivity contribution is 14.0. The second-order valence-corrected chi connectivity index (χ2v) is 7.79. The Hall–Kier alpha value is -1.61. The van der Waals surface area contributed by atoms with E-state index in [1.165, 1.54) is 12.8 Å². The van der Waals surface area contributed by atoms with E-state index in [1.807, 2.05) is 11.6 Å². The predicted octanol–water partition coefficient (Wildman–Crippen LogP) is 3.64. The lowest BCUT2D eigenvalue weighted by Crippen LogP contribution is -2.45. The maximum Gasteiger partial charge on any atom is 0.191 e. The van der Waals surface area contributed by atoms with Crippen LogP contribution in [0.15, 0.2) is 35.3 Å². The van der Waals surface area contributed by atoms with Gasteiger partial charge in [-0.1, -0.05) is 18.2 Å². The van der Waals surface area contributed by atoms with Crippen molar-refractivity contribution in [3.63, 3.8) is 0 Å². The fourth-order valence-corrected chi connectivity index (χ4v) is 3.46. The van der Waals surface area contributed by atoms with Crippen LogP contribution in [0, 0.1) is 13.8 Å². The number of aromatic nitrogens is 2. The number of nitrogens with zero attached hydrogens (tertiary/aromatic N) is 4. The molecule has 0 amide bonds. The number of hydrogen-bond donors (Lipinski definition) is 2. The monoisotopic (exact) mass is 510 g/mol. The summed E-state index contributed by atoms with van der Waals surface area (Å²) >= 11 is 0. The Labute approximate surface area is 192 Å². The zero-order valence-corrected chi connectivity index (χ0v) is 20.6. The van der Waals surface area contributed by atoms with Crippen LogP contribution in [-0.4, -0.2) is 52.9 Å². The van der Waals surface area contributed by atoms with E-state index in [0.717, 1.165) is 47.7 Å². The van der Waals surface area contributed by atoms with Gasteiger partial charge in [-0.3, -0.25) is 4.90 Å². The van der Waals surface area contributed by atoms with Crippen LogP contribution >= 0.6 is 24.0 Å². The van der Waals surface area contributed by atoms with Crippen molar-refractivity contribution in [1.29, 1.82) is 0 Å². The van der Waals surface area contributed by atoms with E-state index >= 15 is 0 Å². The fraction of sp³-hybridized carbons (Fsp3) is 0.545. The molecule has 29 heavy (non-hydrogen) atoms. The van der Waals surface area contributed by atoms with Crippen molar-refractivity contribution in [2.45, 2.75) is 59.2 Å². The molecule has 6 nitrogen and oxygen atoms in total. The Morgan fingerprint density at radius 3 is 2.62 bits per heavy atom. The Bertz CT molecular complexity index is 811. The van der Waals surface area contributed by atoms with Crippen molar-refractivity contribution in [2.24, 2.45) is 4.99 Å². The van der Waals surface area contributed by atoms with Gasteiger partial charge in [-0.25, -0.2) is 9.67 Å². The molecule has 1 fully saturated rings. The molecule has 1 atom stereocenters. The van der Waals surface area contributed by atoms with Gasteiger partial charge in [-0.2, -0.15) is 5.10 Å². The third-order valence-electron chi connectivity index (χ3n) is 5.36. The minimum absolute atomic E-state index is 0. The number of likely N-dealkylation sites (N-methyl/N-ethyl adjacent to an activating group) is 1. The first-order valence-corrected chi connectivity index (χ1v) is 10.3. The molecule has 1 aliphatic carbocycles. The molecule has 1 heterocycles. The summed E-state index contributed by atoms with van der Waals surface area (Å²) in [6.07, 6.45) is 2.66. The number of rotatable bonds is 8. The van der Waals surface area contributed by atoms with E-state index in [4.69, 9.17) is 4.99 Å². The van der Waals surface area contributed by atoms with Crippen LogP contribution in [0.3, 0.4) is 0 Å². The Kier molecular flexibility index (Phi) is 8.95. The number of halogens is 1. The van der Waals surface area contributed by atoms with E-state index in [0.29, 0.717) is 12.6 Å². The summed E-state index contributed by atoms with van der Waals surface area (Å²) in [4.78, 5) is 7.30. The molecule has 0 saturated heterocycles. The molecule has 0 aliphatic heterocycles. The predicted molar refractivity (Wildman–Crippen MR) is 132 cm³/mol. The zero-order chi connectivity index (χ0) is 20.1. The van der Waals surface area contributed by atoms with Gasteiger partial charge in [0.25, 0.3) is 0 Å². The normalized spacial score (nSPS) is 15.2. The summed E-state index contributed by atoms with van der Waals surface area (Å²) < 4.78 is 2.01. The van der Waals surface area contributed by atoms with Crippen LogP contribution in [0.4, 0.5) is 0 Å². The van der Waals surface area contributed by atoms with Crippen molar-refractivity contribution >= 4 is 29.9 Å². The van der Waals surface area contributed by atoms with Crippen molar-refractivity contribution in [3.8, 4) is 5.69 Å². The van der Waals surface area contributed by atoms with Crippen molar-refractivity contribution < 1.29 is 0 Å². The number of para-hydroxylation sites is 1. The van der Waals surface area contributed by atoms with Crippen molar-refractivity contribution in [3.05, 3.63) is 47.3 Å². The molecule has 1 aromatic heterocycles. The van der Waals surface area contributed by atoms with E-state index in [-0.39, 0.29) is 24.0 Å². The molecule has 0 spiro atoms. The first-order valence-electron chi connectivity index (χ1n) is 10.3. The first-order chi connectivity index (χ1) is 13.5. The highest BCUT2D eigenvalue weighted by atomic mass is 127. The smallest absolute Gasteiger partial charge is 0.191 e. The first kappa shape index (κ1) is 23.7. The highest BCUT2D eigenvalue weighted by Crippen LogP contribution is 2.26. The van der Waals surface area contributed by atoms with Gasteiger partial charge >= 0.3 is 0 Å². The minimum atomic E-state index is 0. The molecular weight excluding hydrogens is 475 g/mol. The number of guanidine groups is 1.